The van der Waals surface area contributed by atoms with Crippen molar-refractivity contribution in [3.8, 4) is 0 Å². The van der Waals surface area contributed by atoms with E-state index < -0.39 is 0 Å². The zero-order chi connectivity index (χ0) is 14.0. The Kier molecular flexibility index (Phi) is 2.19. The predicted molar refractivity (Wildman–Crippen MR) is 87.3 cm³/mol. The molecular formula is C19H20N2. The second-order valence-electron chi connectivity index (χ2n) is 6.96. The van der Waals surface area contributed by atoms with Gasteiger partial charge in [0.1, 0.15) is 0 Å². The average molecular weight is 276 g/mol. The first-order chi connectivity index (χ1) is 10.2. The van der Waals surface area contributed by atoms with Crippen molar-refractivity contribution in [3.63, 3.8) is 0 Å². The quantitative estimate of drug-likeness (QED) is 0.765. The summed E-state index contributed by atoms with van der Waals surface area (Å²) in [6.45, 7) is 1.16. The number of para-hydroxylation sites is 1. The zero-order valence-electron chi connectivity index (χ0n) is 12.2. The van der Waals surface area contributed by atoms with Crippen molar-refractivity contribution in [3.05, 3.63) is 48.0 Å². The Hall–Kier alpha value is -1.80. The number of nitrogens with two attached hydrogens (primary N) is 1. The van der Waals surface area contributed by atoms with Gasteiger partial charge in [-0.3, -0.25) is 0 Å². The highest BCUT2D eigenvalue weighted by molar-refractivity contribution is 6.08. The van der Waals surface area contributed by atoms with Crippen molar-refractivity contribution in [2.24, 2.45) is 11.7 Å². The molecule has 2 heteroatoms. The minimum atomic E-state index is -0.0477. The molecule has 0 aliphatic heterocycles. The van der Waals surface area contributed by atoms with E-state index in [1.54, 1.807) is 0 Å². The van der Waals surface area contributed by atoms with Crippen LogP contribution in [0.2, 0.25) is 0 Å². The summed E-state index contributed by atoms with van der Waals surface area (Å²) < 4.78 is 2.52. The van der Waals surface area contributed by atoms with Gasteiger partial charge >= 0.3 is 0 Å². The molecule has 0 unspecified atom stereocenters. The summed E-state index contributed by atoms with van der Waals surface area (Å²) in [5, 5.41) is 2.75. The Bertz CT molecular complexity index is 851. The summed E-state index contributed by atoms with van der Waals surface area (Å²) in [7, 11) is 0. The van der Waals surface area contributed by atoms with Crippen molar-refractivity contribution < 1.29 is 0 Å². The fourth-order valence-corrected chi connectivity index (χ4v) is 3.54. The fourth-order valence-electron chi connectivity index (χ4n) is 3.54. The summed E-state index contributed by atoms with van der Waals surface area (Å²) in [6, 6.07) is 15.7. The average Bonchev–Trinajstić information content (AvgIpc) is 3.42. The van der Waals surface area contributed by atoms with Gasteiger partial charge in [-0.1, -0.05) is 24.3 Å². The van der Waals surface area contributed by atoms with Crippen LogP contribution in [0.1, 0.15) is 31.2 Å². The van der Waals surface area contributed by atoms with Gasteiger partial charge in [-0.05, 0) is 55.4 Å². The molecule has 0 radical (unpaired) electrons. The lowest BCUT2D eigenvalue weighted by Crippen LogP contribution is -2.18. The minimum Gasteiger partial charge on any atom is -0.340 e. The Labute approximate surface area is 124 Å². The van der Waals surface area contributed by atoms with E-state index >= 15 is 0 Å². The second-order valence-corrected chi connectivity index (χ2v) is 6.96. The molecule has 2 N–H and O–H groups in total. The van der Waals surface area contributed by atoms with Crippen molar-refractivity contribution in [1.82, 2.24) is 4.57 Å². The van der Waals surface area contributed by atoms with E-state index in [0.717, 1.165) is 25.3 Å². The van der Waals surface area contributed by atoms with Gasteiger partial charge in [-0.2, -0.15) is 0 Å². The molecule has 2 aliphatic rings. The van der Waals surface area contributed by atoms with Crippen molar-refractivity contribution in [2.45, 2.75) is 37.8 Å². The first kappa shape index (κ1) is 11.8. The van der Waals surface area contributed by atoms with Gasteiger partial charge in [0, 0.05) is 33.9 Å². The van der Waals surface area contributed by atoms with Crippen molar-refractivity contribution >= 4 is 21.8 Å². The molecule has 0 spiro atoms. The smallest absolute Gasteiger partial charge is 0.0491 e. The van der Waals surface area contributed by atoms with Crippen LogP contribution in [0.5, 0.6) is 0 Å². The van der Waals surface area contributed by atoms with Crippen molar-refractivity contribution in [2.75, 3.05) is 0 Å². The first-order valence-corrected chi connectivity index (χ1v) is 8.05. The minimum absolute atomic E-state index is 0.0477. The van der Waals surface area contributed by atoms with Crippen molar-refractivity contribution in [1.29, 1.82) is 0 Å². The lowest BCUT2D eigenvalue weighted by atomic mass is 10.0. The number of hydrogen-bond acceptors (Lipinski definition) is 1. The summed E-state index contributed by atoms with van der Waals surface area (Å²) in [5.41, 5.74) is 10.4. The van der Waals surface area contributed by atoms with Crippen LogP contribution in [-0.4, -0.2) is 4.57 Å². The molecule has 21 heavy (non-hydrogen) atoms. The number of fused-ring (bicyclic) bond motifs is 3. The van der Waals surface area contributed by atoms with Crippen LogP contribution in [0, 0.1) is 5.92 Å². The molecule has 2 saturated carbocycles. The first-order valence-electron chi connectivity index (χ1n) is 8.05. The Balaban J connectivity index is 1.80. The molecule has 0 atom stereocenters. The van der Waals surface area contributed by atoms with E-state index in [9.17, 15) is 0 Å². The summed E-state index contributed by atoms with van der Waals surface area (Å²) in [6.07, 6.45) is 5.02. The van der Waals surface area contributed by atoms with Gasteiger partial charge in [-0.15, -0.1) is 0 Å². The molecule has 0 saturated heterocycles. The molecule has 1 aromatic heterocycles. The molecule has 2 fully saturated rings. The maximum absolute atomic E-state index is 6.39. The van der Waals surface area contributed by atoms with Gasteiger partial charge in [-0.25, -0.2) is 0 Å². The predicted octanol–water partition coefficient (Wildman–Crippen LogP) is 4.15. The van der Waals surface area contributed by atoms with E-state index in [-0.39, 0.29) is 5.54 Å². The van der Waals surface area contributed by atoms with Crippen LogP contribution >= 0.6 is 0 Å². The third kappa shape index (κ3) is 1.75. The number of benzene rings is 2. The Morgan fingerprint density at radius 1 is 1.00 bits per heavy atom. The van der Waals surface area contributed by atoms with Crippen LogP contribution in [0.15, 0.2) is 42.5 Å². The summed E-state index contributed by atoms with van der Waals surface area (Å²) in [5.74, 6) is 0.882. The van der Waals surface area contributed by atoms with Crippen LogP contribution in [-0.2, 0) is 12.1 Å². The van der Waals surface area contributed by atoms with E-state index in [0.29, 0.717) is 0 Å². The SMILES string of the molecule is NC1(c2ccc3c(c2)c2ccccc2n3CC2CC2)CC1. The molecule has 0 amide bonds. The second kappa shape index (κ2) is 3.89. The van der Waals surface area contributed by atoms with Gasteiger partial charge in [0.15, 0.2) is 0 Å². The topological polar surface area (TPSA) is 30.9 Å². The maximum Gasteiger partial charge on any atom is 0.0491 e. The normalized spacial score (nSPS) is 20.2. The Morgan fingerprint density at radius 2 is 1.76 bits per heavy atom. The summed E-state index contributed by atoms with van der Waals surface area (Å²) in [4.78, 5) is 0. The third-order valence-corrected chi connectivity index (χ3v) is 5.27. The highest BCUT2D eigenvalue weighted by Crippen LogP contribution is 2.44. The molecule has 2 nitrogen and oxygen atoms in total. The van der Waals surface area contributed by atoms with Gasteiger partial charge < -0.3 is 10.3 Å². The zero-order valence-corrected chi connectivity index (χ0v) is 12.2. The lowest BCUT2D eigenvalue weighted by molar-refractivity contribution is 0.664. The molecule has 2 aliphatic carbocycles. The Morgan fingerprint density at radius 3 is 2.52 bits per heavy atom. The molecule has 3 aromatic rings. The molecule has 2 aromatic carbocycles. The van der Waals surface area contributed by atoms with E-state index in [1.807, 2.05) is 0 Å². The highest BCUT2D eigenvalue weighted by atomic mass is 15.0. The summed E-state index contributed by atoms with van der Waals surface area (Å²) >= 11 is 0. The fraction of sp³-hybridized carbons (Fsp3) is 0.368. The van der Waals surface area contributed by atoms with Crippen LogP contribution in [0.3, 0.4) is 0 Å². The van der Waals surface area contributed by atoms with Gasteiger partial charge in [0.05, 0.1) is 0 Å². The van der Waals surface area contributed by atoms with Crippen LogP contribution in [0.25, 0.3) is 21.8 Å². The highest BCUT2D eigenvalue weighted by Gasteiger charge is 2.40. The maximum atomic E-state index is 6.39. The van der Waals surface area contributed by atoms with Gasteiger partial charge in [0.25, 0.3) is 0 Å². The third-order valence-electron chi connectivity index (χ3n) is 5.27. The largest absolute Gasteiger partial charge is 0.340 e. The number of hydrogen-bond donors (Lipinski definition) is 1. The lowest BCUT2D eigenvalue weighted by Gasteiger charge is -2.10. The molecular weight excluding hydrogens is 256 g/mol. The number of aromatic nitrogens is 1. The number of nitrogens with zero attached hydrogens (tertiary/aromatic N) is 1. The van der Waals surface area contributed by atoms with Crippen LogP contribution in [0.4, 0.5) is 0 Å². The van der Waals surface area contributed by atoms with Crippen LogP contribution < -0.4 is 5.73 Å². The molecule has 1 heterocycles. The molecule has 106 valence electrons. The van der Waals surface area contributed by atoms with E-state index in [1.165, 1.54) is 40.2 Å². The van der Waals surface area contributed by atoms with Gasteiger partial charge in [0.2, 0.25) is 0 Å². The number of rotatable bonds is 3. The molecule has 0 bridgehead atoms. The van der Waals surface area contributed by atoms with E-state index in [4.69, 9.17) is 5.73 Å². The van der Waals surface area contributed by atoms with E-state index in [2.05, 4.69) is 47.0 Å². The monoisotopic (exact) mass is 276 g/mol. The standard InChI is InChI=1S/C19H20N2/c20-19(9-10-19)14-7-8-18-16(11-14)15-3-1-2-4-17(15)21(18)12-13-5-6-13/h1-4,7-8,11,13H,5-6,9-10,12,20H2. The molecule has 5 rings (SSSR count).